The smallest absolute Gasteiger partial charge is 0.263 e. The number of hydrogen-bond donors (Lipinski definition) is 2. The third kappa shape index (κ3) is 6.55. The molecule has 0 aliphatic carbocycles. The average Bonchev–Trinajstić information content (AvgIpc) is 2.80. The van der Waals surface area contributed by atoms with Crippen molar-refractivity contribution in [2.45, 2.75) is 33.1 Å². The van der Waals surface area contributed by atoms with E-state index in [1.807, 2.05) is 19.1 Å². The molecule has 0 unspecified atom stereocenters. The van der Waals surface area contributed by atoms with Crippen LogP contribution in [-0.2, 0) is 9.59 Å². The zero-order valence-corrected chi connectivity index (χ0v) is 19.8. The van der Waals surface area contributed by atoms with Gasteiger partial charge in [0.25, 0.3) is 11.8 Å². The molecule has 1 atom stereocenters. The third-order valence-electron chi connectivity index (χ3n) is 5.19. The maximum atomic E-state index is 12.1. The number of thiocarbonyl (C=S) groups is 1. The van der Waals surface area contributed by atoms with E-state index in [4.69, 9.17) is 26.4 Å². The van der Waals surface area contributed by atoms with Gasteiger partial charge in [-0.15, -0.1) is 0 Å². The van der Waals surface area contributed by atoms with Crippen molar-refractivity contribution in [3.8, 4) is 17.2 Å². The van der Waals surface area contributed by atoms with Gasteiger partial charge in [0.05, 0.1) is 6.61 Å². The molecule has 0 bridgehead atoms. The van der Waals surface area contributed by atoms with Gasteiger partial charge in [-0.3, -0.25) is 20.2 Å². The van der Waals surface area contributed by atoms with Gasteiger partial charge < -0.3 is 14.2 Å². The summed E-state index contributed by atoms with van der Waals surface area (Å²) in [5.74, 6) is 1.29. The Morgan fingerprint density at radius 3 is 2.21 bits per heavy atom. The van der Waals surface area contributed by atoms with E-state index in [-0.39, 0.29) is 10.7 Å². The lowest BCUT2D eigenvalue weighted by atomic mass is 9.99. The molecule has 33 heavy (non-hydrogen) atoms. The van der Waals surface area contributed by atoms with E-state index in [2.05, 4.69) is 36.6 Å². The van der Waals surface area contributed by atoms with Crippen molar-refractivity contribution in [3.05, 3.63) is 59.2 Å². The molecule has 3 rings (SSSR count). The lowest BCUT2D eigenvalue weighted by Crippen LogP contribution is -2.51. The van der Waals surface area contributed by atoms with E-state index in [9.17, 15) is 9.59 Å². The zero-order chi connectivity index (χ0) is 23.8. The first-order valence-electron chi connectivity index (χ1n) is 10.9. The summed E-state index contributed by atoms with van der Waals surface area (Å²) in [6, 6.07) is 13.3. The fraction of sp³-hybridized carbons (Fsp3) is 0.320. The average molecular weight is 469 g/mol. The molecule has 174 valence electrons. The van der Waals surface area contributed by atoms with Gasteiger partial charge in [0.2, 0.25) is 0 Å². The molecule has 0 saturated carbocycles. The maximum absolute atomic E-state index is 12.1. The van der Waals surface area contributed by atoms with E-state index < -0.39 is 11.8 Å². The van der Waals surface area contributed by atoms with Gasteiger partial charge >= 0.3 is 0 Å². The summed E-state index contributed by atoms with van der Waals surface area (Å²) in [5, 5.41) is 4.82. The molecule has 0 spiro atoms. The number of nitrogens with one attached hydrogen (secondary N) is 2. The SMILES string of the molecule is CCOc1cc(C=C2C(=O)NC(=S)NC2=O)ccc1OCCOc1ccc([C@H](C)CC)cc1. The van der Waals surface area contributed by atoms with Crippen LogP contribution < -0.4 is 24.8 Å². The highest BCUT2D eigenvalue weighted by molar-refractivity contribution is 7.80. The van der Waals surface area contributed by atoms with Crippen LogP contribution >= 0.6 is 12.2 Å². The van der Waals surface area contributed by atoms with Crippen LogP contribution in [0.1, 0.15) is 44.2 Å². The standard InChI is InChI=1S/C25H28N2O5S/c1-4-16(3)18-7-9-19(10-8-18)31-12-13-32-21-11-6-17(15-22(21)30-5-2)14-20-23(28)26-25(33)27-24(20)29/h6-11,14-16H,4-5,12-13H2,1-3H3,(H2,26,27,28,29,33)/t16-/m1/s1. The van der Waals surface area contributed by atoms with E-state index >= 15 is 0 Å². The lowest BCUT2D eigenvalue weighted by Gasteiger charge is -2.17. The minimum absolute atomic E-state index is 0.00502. The van der Waals surface area contributed by atoms with E-state index in [0.29, 0.717) is 42.8 Å². The first-order valence-corrected chi connectivity index (χ1v) is 11.3. The second-order valence-electron chi connectivity index (χ2n) is 7.51. The molecule has 1 aliphatic heterocycles. The summed E-state index contributed by atoms with van der Waals surface area (Å²) >= 11 is 4.81. The molecule has 0 radical (unpaired) electrons. The number of amides is 2. The molecule has 2 amide bonds. The van der Waals surface area contributed by atoms with E-state index in [1.165, 1.54) is 11.6 Å². The van der Waals surface area contributed by atoms with Crippen LogP contribution in [0.5, 0.6) is 17.2 Å². The zero-order valence-electron chi connectivity index (χ0n) is 19.0. The van der Waals surface area contributed by atoms with Gasteiger partial charge in [-0.1, -0.05) is 32.0 Å². The number of hydrogen-bond acceptors (Lipinski definition) is 6. The quantitative estimate of drug-likeness (QED) is 0.238. The Kier molecular flexibility index (Phi) is 8.43. The molecule has 1 heterocycles. The first kappa shape index (κ1) is 24.3. The van der Waals surface area contributed by atoms with E-state index in [1.54, 1.807) is 18.2 Å². The molecular formula is C25H28N2O5S. The van der Waals surface area contributed by atoms with Gasteiger partial charge in [-0.25, -0.2) is 0 Å². The van der Waals surface area contributed by atoms with Crippen LogP contribution in [0.4, 0.5) is 0 Å². The van der Waals surface area contributed by atoms with Gasteiger partial charge in [0, 0.05) is 0 Å². The van der Waals surface area contributed by atoms with Crippen molar-refractivity contribution in [1.29, 1.82) is 0 Å². The monoisotopic (exact) mass is 468 g/mol. The van der Waals surface area contributed by atoms with Crippen LogP contribution in [0.3, 0.4) is 0 Å². The van der Waals surface area contributed by atoms with Crippen LogP contribution in [0.15, 0.2) is 48.0 Å². The first-order chi connectivity index (χ1) is 15.9. The highest BCUT2D eigenvalue weighted by atomic mass is 32.1. The van der Waals surface area contributed by atoms with Gasteiger partial charge in [0.15, 0.2) is 16.6 Å². The molecule has 1 fully saturated rings. The van der Waals surface area contributed by atoms with Crippen LogP contribution in [0.25, 0.3) is 6.08 Å². The maximum Gasteiger partial charge on any atom is 0.263 e. The van der Waals surface area contributed by atoms with Crippen molar-refractivity contribution < 1.29 is 23.8 Å². The fourth-order valence-corrected chi connectivity index (χ4v) is 3.40. The third-order valence-corrected chi connectivity index (χ3v) is 5.40. The normalized spacial score (nSPS) is 14.3. The lowest BCUT2D eigenvalue weighted by molar-refractivity contribution is -0.123. The summed E-state index contributed by atoms with van der Waals surface area (Å²) in [5.41, 5.74) is 1.88. The number of rotatable bonds is 10. The predicted octanol–water partition coefficient (Wildman–Crippen LogP) is 3.97. The highest BCUT2D eigenvalue weighted by Gasteiger charge is 2.25. The Bertz CT molecular complexity index is 1030. The molecular weight excluding hydrogens is 440 g/mol. The topological polar surface area (TPSA) is 85.9 Å². The Morgan fingerprint density at radius 1 is 0.909 bits per heavy atom. The fourth-order valence-electron chi connectivity index (χ4n) is 3.21. The van der Waals surface area contributed by atoms with Crippen molar-refractivity contribution in [1.82, 2.24) is 10.6 Å². The second-order valence-corrected chi connectivity index (χ2v) is 7.92. The van der Waals surface area contributed by atoms with Crippen molar-refractivity contribution >= 4 is 35.2 Å². The molecule has 2 N–H and O–H groups in total. The second kappa shape index (κ2) is 11.5. The van der Waals surface area contributed by atoms with Crippen molar-refractivity contribution in [3.63, 3.8) is 0 Å². The Labute approximate surface area is 199 Å². The molecule has 2 aromatic carbocycles. The number of benzene rings is 2. The highest BCUT2D eigenvalue weighted by Crippen LogP contribution is 2.30. The molecule has 8 heteroatoms. The number of ether oxygens (including phenoxy) is 3. The van der Waals surface area contributed by atoms with Gasteiger partial charge in [0.1, 0.15) is 24.5 Å². The van der Waals surface area contributed by atoms with Gasteiger partial charge in [-0.2, -0.15) is 0 Å². The molecule has 0 aromatic heterocycles. The predicted molar refractivity (Wildman–Crippen MR) is 131 cm³/mol. The summed E-state index contributed by atoms with van der Waals surface area (Å²) < 4.78 is 17.3. The summed E-state index contributed by atoms with van der Waals surface area (Å²) in [7, 11) is 0. The minimum atomic E-state index is -0.545. The number of carbonyl (C=O) groups is 2. The number of carbonyl (C=O) groups excluding carboxylic acids is 2. The Hall–Kier alpha value is -3.39. The molecule has 1 saturated heterocycles. The van der Waals surface area contributed by atoms with Crippen LogP contribution in [-0.4, -0.2) is 36.7 Å². The summed E-state index contributed by atoms with van der Waals surface area (Å²) in [4.78, 5) is 24.1. The summed E-state index contributed by atoms with van der Waals surface area (Å²) in [6.45, 7) is 7.38. The van der Waals surface area contributed by atoms with Gasteiger partial charge in [-0.05, 0) is 72.9 Å². The minimum Gasteiger partial charge on any atom is -0.490 e. The van der Waals surface area contributed by atoms with Crippen LogP contribution in [0, 0.1) is 0 Å². The largest absolute Gasteiger partial charge is 0.490 e. The van der Waals surface area contributed by atoms with Crippen molar-refractivity contribution in [2.24, 2.45) is 0 Å². The molecule has 2 aromatic rings. The Morgan fingerprint density at radius 2 is 1.58 bits per heavy atom. The molecule has 1 aliphatic rings. The van der Waals surface area contributed by atoms with Crippen LogP contribution in [0.2, 0.25) is 0 Å². The van der Waals surface area contributed by atoms with Crippen molar-refractivity contribution in [2.75, 3.05) is 19.8 Å². The Balaban J connectivity index is 1.61. The molecule has 7 nitrogen and oxygen atoms in total. The summed E-state index contributed by atoms with van der Waals surface area (Å²) in [6.07, 6.45) is 2.57. The van der Waals surface area contributed by atoms with E-state index in [0.717, 1.165) is 12.2 Å².